The van der Waals surface area contributed by atoms with Crippen LogP contribution in [0.1, 0.15) is 16.1 Å². The third kappa shape index (κ3) is 6.48. The van der Waals surface area contributed by atoms with Gasteiger partial charge in [0.2, 0.25) is 0 Å². The normalized spacial score (nSPS) is 14.5. The maximum absolute atomic E-state index is 13.3. The van der Waals surface area contributed by atoms with Crippen LogP contribution in [-0.2, 0) is 11.3 Å². The van der Waals surface area contributed by atoms with E-state index in [4.69, 9.17) is 9.90 Å². The van der Waals surface area contributed by atoms with E-state index in [0.717, 1.165) is 29.4 Å². The number of carboxylic acids is 1. The zero-order valence-corrected chi connectivity index (χ0v) is 17.4. The molecule has 1 amide bonds. The van der Waals surface area contributed by atoms with Crippen molar-refractivity contribution in [2.24, 2.45) is 0 Å². The second-order valence-electron chi connectivity index (χ2n) is 7.38. The van der Waals surface area contributed by atoms with Gasteiger partial charge in [-0.25, -0.2) is 9.18 Å². The van der Waals surface area contributed by atoms with E-state index in [1.165, 1.54) is 6.07 Å². The summed E-state index contributed by atoms with van der Waals surface area (Å²) in [4.78, 5) is 30.2. The lowest BCUT2D eigenvalue weighted by Gasteiger charge is -2.34. The highest BCUT2D eigenvalue weighted by Crippen LogP contribution is 2.19. The molecule has 0 aliphatic carbocycles. The number of amides is 1. The Hall–Kier alpha value is -3.53. The first-order valence-electron chi connectivity index (χ1n) is 10.0. The fraction of sp³-hybridized carbons (Fsp3) is 0.261. The molecule has 0 radical (unpaired) electrons. The maximum atomic E-state index is 13.3. The molecule has 0 saturated carbocycles. The van der Waals surface area contributed by atoms with Crippen molar-refractivity contribution in [3.63, 3.8) is 0 Å². The SMILES string of the molecule is O=C(O)C(F)(F)F.O=C(c1nccc2ccccc12)N1CCN(Cc2cccc(F)c2)CC1. The molecular weight excluding hydrogens is 442 g/mol. The molecule has 10 heteroatoms. The number of nitrogens with zero attached hydrogens (tertiary/aromatic N) is 3. The van der Waals surface area contributed by atoms with Crippen molar-refractivity contribution >= 4 is 22.6 Å². The predicted molar refractivity (Wildman–Crippen MR) is 113 cm³/mol. The van der Waals surface area contributed by atoms with Crippen molar-refractivity contribution in [3.8, 4) is 0 Å². The zero-order valence-electron chi connectivity index (χ0n) is 17.4. The number of hydrogen-bond donors (Lipinski definition) is 1. The smallest absolute Gasteiger partial charge is 0.475 e. The summed E-state index contributed by atoms with van der Waals surface area (Å²) < 4.78 is 45.1. The van der Waals surface area contributed by atoms with Crippen molar-refractivity contribution in [2.45, 2.75) is 12.7 Å². The Balaban J connectivity index is 0.000000383. The molecule has 0 unspecified atom stereocenters. The number of rotatable bonds is 3. The summed E-state index contributed by atoms with van der Waals surface area (Å²) in [6, 6.07) is 16.4. The van der Waals surface area contributed by atoms with Gasteiger partial charge in [-0.05, 0) is 29.1 Å². The minimum atomic E-state index is -5.08. The monoisotopic (exact) mass is 463 g/mol. The van der Waals surface area contributed by atoms with Crippen LogP contribution in [-0.4, -0.2) is 64.1 Å². The Bertz CT molecular complexity index is 1120. The number of piperazine rings is 1. The van der Waals surface area contributed by atoms with Crippen molar-refractivity contribution in [1.29, 1.82) is 0 Å². The van der Waals surface area contributed by atoms with Crippen LogP contribution in [0.25, 0.3) is 10.8 Å². The summed E-state index contributed by atoms with van der Waals surface area (Å²) in [6.07, 6.45) is -3.39. The van der Waals surface area contributed by atoms with Crippen LogP contribution in [0.4, 0.5) is 17.6 Å². The van der Waals surface area contributed by atoms with Gasteiger partial charge in [-0.3, -0.25) is 14.7 Å². The van der Waals surface area contributed by atoms with Gasteiger partial charge in [-0.15, -0.1) is 0 Å². The van der Waals surface area contributed by atoms with Gasteiger partial charge in [0.15, 0.2) is 0 Å². The van der Waals surface area contributed by atoms with E-state index < -0.39 is 12.1 Å². The molecular formula is C23H21F4N3O3. The van der Waals surface area contributed by atoms with E-state index in [0.29, 0.717) is 25.3 Å². The predicted octanol–water partition coefficient (Wildman–Crippen LogP) is 3.97. The molecule has 1 saturated heterocycles. The summed E-state index contributed by atoms with van der Waals surface area (Å²) in [5.74, 6) is -2.99. The molecule has 4 rings (SSSR count). The van der Waals surface area contributed by atoms with E-state index >= 15 is 0 Å². The summed E-state index contributed by atoms with van der Waals surface area (Å²) in [6.45, 7) is 3.55. The Morgan fingerprint density at radius 3 is 2.27 bits per heavy atom. The Kier molecular flexibility index (Phi) is 7.59. The highest BCUT2D eigenvalue weighted by molar-refractivity contribution is 6.05. The van der Waals surface area contributed by atoms with Crippen molar-refractivity contribution in [3.05, 3.63) is 77.9 Å². The number of aliphatic carboxylic acids is 1. The van der Waals surface area contributed by atoms with E-state index in [9.17, 15) is 22.4 Å². The molecule has 0 atom stereocenters. The van der Waals surface area contributed by atoms with Crippen LogP contribution < -0.4 is 0 Å². The third-order valence-electron chi connectivity index (χ3n) is 5.07. The van der Waals surface area contributed by atoms with E-state index in [2.05, 4.69) is 9.88 Å². The summed E-state index contributed by atoms with van der Waals surface area (Å²) in [7, 11) is 0. The molecule has 1 fully saturated rings. The van der Waals surface area contributed by atoms with Crippen molar-refractivity contribution < 1.29 is 32.3 Å². The average Bonchev–Trinajstić information content (AvgIpc) is 2.78. The van der Waals surface area contributed by atoms with Crippen LogP contribution >= 0.6 is 0 Å². The van der Waals surface area contributed by atoms with Crippen LogP contribution in [0.15, 0.2) is 60.8 Å². The molecule has 6 nitrogen and oxygen atoms in total. The van der Waals surface area contributed by atoms with Crippen LogP contribution in [0.2, 0.25) is 0 Å². The topological polar surface area (TPSA) is 73.7 Å². The molecule has 2 aromatic carbocycles. The maximum Gasteiger partial charge on any atom is 0.490 e. The minimum absolute atomic E-state index is 0.0211. The van der Waals surface area contributed by atoms with E-state index in [1.807, 2.05) is 41.3 Å². The van der Waals surface area contributed by atoms with Crippen molar-refractivity contribution in [1.82, 2.24) is 14.8 Å². The lowest BCUT2D eigenvalue weighted by atomic mass is 10.1. The number of benzene rings is 2. The second kappa shape index (κ2) is 10.4. The van der Waals surface area contributed by atoms with Gasteiger partial charge in [-0.2, -0.15) is 13.2 Å². The molecule has 1 aliphatic rings. The minimum Gasteiger partial charge on any atom is -0.475 e. The number of carbonyl (C=O) groups is 2. The first-order valence-corrected chi connectivity index (χ1v) is 10.0. The van der Waals surface area contributed by atoms with Crippen LogP contribution in [0, 0.1) is 5.82 Å². The number of alkyl halides is 3. The number of pyridine rings is 1. The van der Waals surface area contributed by atoms with Crippen LogP contribution in [0.5, 0.6) is 0 Å². The Morgan fingerprint density at radius 2 is 1.64 bits per heavy atom. The average molecular weight is 463 g/mol. The first-order chi connectivity index (χ1) is 15.6. The second-order valence-corrected chi connectivity index (χ2v) is 7.38. The number of halogens is 4. The molecule has 1 aromatic heterocycles. The molecule has 3 aromatic rings. The van der Waals surface area contributed by atoms with E-state index in [-0.39, 0.29) is 11.7 Å². The Morgan fingerprint density at radius 1 is 0.970 bits per heavy atom. The summed E-state index contributed by atoms with van der Waals surface area (Å²) in [5.41, 5.74) is 1.47. The van der Waals surface area contributed by atoms with Gasteiger partial charge in [-0.1, -0.05) is 36.4 Å². The van der Waals surface area contributed by atoms with E-state index in [1.54, 1.807) is 18.3 Å². The molecule has 1 N–H and O–H groups in total. The summed E-state index contributed by atoms with van der Waals surface area (Å²) >= 11 is 0. The van der Waals surface area contributed by atoms with Gasteiger partial charge in [0, 0.05) is 44.3 Å². The quantitative estimate of drug-likeness (QED) is 0.596. The Labute approximate surface area is 187 Å². The lowest BCUT2D eigenvalue weighted by Crippen LogP contribution is -2.48. The number of carboxylic acid groups (broad SMARTS) is 1. The molecule has 0 spiro atoms. The first kappa shape index (κ1) is 24.1. The van der Waals surface area contributed by atoms with Gasteiger partial charge < -0.3 is 10.0 Å². The van der Waals surface area contributed by atoms with Gasteiger partial charge in [0.1, 0.15) is 11.5 Å². The highest BCUT2D eigenvalue weighted by Gasteiger charge is 2.38. The van der Waals surface area contributed by atoms with Gasteiger partial charge >= 0.3 is 12.1 Å². The fourth-order valence-electron chi connectivity index (χ4n) is 3.44. The number of hydrogen-bond acceptors (Lipinski definition) is 4. The third-order valence-corrected chi connectivity index (χ3v) is 5.07. The number of carbonyl (C=O) groups excluding carboxylic acids is 1. The molecule has 2 heterocycles. The zero-order chi connectivity index (χ0) is 24.0. The standard InChI is InChI=1S/C21H20FN3O.C2HF3O2/c22-18-6-3-4-16(14-18)15-24-10-12-25(13-11-24)21(26)20-19-7-2-1-5-17(19)8-9-23-20;3-2(4,5)1(6)7/h1-9,14H,10-13,15H2;(H,6,7). The molecule has 0 bridgehead atoms. The number of fused-ring (bicyclic) bond motifs is 1. The van der Waals surface area contributed by atoms with Gasteiger partial charge in [0.05, 0.1) is 0 Å². The van der Waals surface area contributed by atoms with Gasteiger partial charge in [0.25, 0.3) is 5.91 Å². The van der Waals surface area contributed by atoms with Crippen LogP contribution in [0.3, 0.4) is 0 Å². The highest BCUT2D eigenvalue weighted by atomic mass is 19.4. The summed E-state index contributed by atoms with van der Waals surface area (Å²) in [5, 5.41) is 9.04. The van der Waals surface area contributed by atoms with Crippen molar-refractivity contribution in [2.75, 3.05) is 26.2 Å². The largest absolute Gasteiger partial charge is 0.490 e. The fourth-order valence-corrected chi connectivity index (χ4v) is 3.44. The molecule has 33 heavy (non-hydrogen) atoms. The lowest BCUT2D eigenvalue weighted by molar-refractivity contribution is -0.192. The number of aromatic nitrogens is 1. The molecule has 1 aliphatic heterocycles. The molecule has 174 valence electrons.